The maximum absolute atomic E-state index is 14.0. The van der Waals surface area contributed by atoms with Crippen LogP contribution in [0.5, 0.6) is 11.5 Å². The van der Waals surface area contributed by atoms with Gasteiger partial charge in [-0.3, -0.25) is 29.0 Å². The highest BCUT2D eigenvalue weighted by atomic mass is 35.5. The Labute approximate surface area is 240 Å². The van der Waals surface area contributed by atoms with Gasteiger partial charge in [-0.15, -0.1) is 23.2 Å². The third-order valence-corrected chi connectivity index (χ3v) is 10.4. The maximum atomic E-state index is 14.0. The summed E-state index contributed by atoms with van der Waals surface area (Å²) in [6.45, 7) is 3.74. The summed E-state index contributed by atoms with van der Waals surface area (Å²) in [4.78, 5) is 53.0. The molecule has 10 heteroatoms. The number of carbonyl (C=O) groups is 4. The molecule has 1 N–H and O–H groups in total. The average Bonchev–Trinajstić information content (AvgIpc) is 3.28. The second-order valence-electron chi connectivity index (χ2n) is 10.7. The van der Waals surface area contributed by atoms with Crippen molar-refractivity contribution in [2.45, 2.75) is 28.5 Å². The molecule has 0 radical (unpaired) electrons. The molecule has 3 fully saturated rings. The van der Waals surface area contributed by atoms with Crippen molar-refractivity contribution in [3.05, 3.63) is 71.8 Å². The number of alkyl halides is 2. The van der Waals surface area contributed by atoms with Gasteiger partial charge < -0.3 is 9.84 Å². The van der Waals surface area contributed by atoms with Crippen LogP contribution in [0.1, 0.15) is 29.9 Å². The summed E-state index contributed by atoms with van der Waals surface area (Å²) in [5, 5.41) is 11.1. The monoisotopic (exact) mass is 580 g/mol. The van der Waals surface area contributed by atoms with Crippen molar-refractivity contribution in [1.29, 1.82) is 0 Å². The van der Waals surface area contributed by atoms with Crippen LogP contribution < -0.4 is 9.64 Å². The fourth-order valence-electron chi connectivity index (χ4n) is 7.08. The summed E-state index contributed by atoms with van der Waals surface area (Å²) in [6.07, 6.45) is 3.57. The first-order valence-electron chi connectivity index (χ1n) is 12.9. The van der Waals surface area contributed by atoms with E-state index in [0.29, 0.717) is 11.3 Å². The Kier molecular flexibility index (Phi) is 5.95. The number of aromatic hydroxyl groups is 1. The summed E-state index contributed by atoms with van der Waals surface area (Å²) in [5.74, 6) is -5.41. The van der Waals surface area contributed by atoms with Crippen LogP contribution in [0.4, 0.5) is 5.69 Å². The molecule has 2 heterocycles. The molecule has 0 unspecified atom stereocenters. The summed E-state index contributed by atoms with van der Waals surface area (Å²) in [6, 6.07) is 11.6. The van der Waals surface area contributed by atoms with Crippen molar-refractivity contribution < 1.29 is 29.0 Å². The van der Waals surface area contributed by atoms with Gasteiger partial charge in [0.1, 0.15) is 11.5 Å². The number of hydrogen-bond acceptors (Lipinski definition) is 6. The first-order valence-corrected chi connectivity index (χ1v) is 13.6. The minimum Gasteiger partial charge on any atom is -0.508 e. The fourth-order valence-corrected chi connectivity index (χ4v) is 8.08. The molecular formula is C30H26Cl2N2O6. The molecule has 6 atom stereocenters. The van der Waals surface area contributed by atoms with E-state index in [9.17, 15) is 24.3 Å². The van der Waals surface area contributed by atoms with Crippen LogP contribution >= 0.6 is 23.2 Å². The van der Waals surface area contributed by atoms with E-state index < -0.39 is 51.1 Å². The van der Waals surface area contributed by atoms with Crippen LogP contribution in [0.25, 0.3) is 6.08 Å². The number of likely N-dealkylation sites (tertiary alicyclic amines) is 1. The number of benzene rings is 2. The Bertz CT molecular complexity index is 1540. The average molecular weight is 581 g/mol. The zero-order chi connectivity index (χ0) is 28.7. The molecule has 0 bridgehead atoms. The van der Waals surface area contributed by atoms with E-state index in [-0.39, 0.29) is 35.8 Å². The number of phenolic OH excluding ortho intramolecular Hbond substituents is 1. The third-order valence-electron chi connectivity index (χ3n) is 8.95. The first kappa shape index (κ1) is 26.6. The molecule has 40 heavy (non-hydrogen) atoms. The van der Waals surface area contributed by atoms with Gasteiger partial charge >= 0.3 is 0 Å². The first-order chi connectivity index (χ1) is 19.0. The second-order valence-corrected chi connectivity index (χ2v) is 11.9. The van der Waals surface area contributed by atoms with Gasteiger partial charge in [0.05, 0.1) is 24.6 Å². The molecular weight excluding hydrogens is 555 g/mol. The van der Waals surface area contributed by atoms with Crippen LogP contribution in [-0.4, -0.2) is 57.5 Å². The Morgan fingerprint density at radius 1 is 1.02 bits per heavy atom. The van der Waals surface area contributed by atoms with Crippen molar-refractivity contribution in [1.82, 2.24) is 4.90 Å². The molecule has 2 saturated heterocycles. The highest BCUT2D eigenvalue weighted by Crippen LogP contribution is 2.66. The molecule has 2 aliphatic heterocycles. The summed E-state index contributed by atoms with van der Waals surface area (Å²) < 4.78 is 5.56. The van der Waals surface area contributed by atoms with Gasteiger partial charge in [-0.2, -0.15) is 0 Å². The Morgan fingerprint density at radius 2 is 1.73 bits per heavy atom. The van der Waals surface area contributed by atoms with Gasteiger partial charge in [-0.05, 0) is 48.6 Å². The topological polar surface area (TPSA) is 104 Å². The number of halogens is 2. The highest BCUT2D eigenvalue weighted by molar-refractivity contribution is 6.53. The van der Waals surface area contributed by atoms with Crippen molar-refractivity contribution in [3.63, 3.8) is 0 Å². The SMILES string of the molecule is C=Cc1ccc(N2C(=O)[C@H]3[C@H](CC=C4[C@H]3C[C@@]3(Cl)C(=O)N(C)C(=O)[C@@]3(Cl)[C@H]4c3c(O)cccc3OC)C2=O)cc1. The smallest absolute Gasteiger partial charge is 0.253 e. The summed E-state index contributed by atoms with van der Waals surface area (Å²) >= 11 is 14.3. The quantitative estimate of drug-likeness (QED) is 0.329. The molecule has 2 aromatic carbocycles. The van der Waals surface area contributed by atoms with Crippen LogP contribution in [0.3, 0.4) is 0 Å². The molecule has 206 valence electrons. The number of amides is 4. The zero-order valence-corrected chi connectivity index (χ0v) is 23.3. The molecule has 1 saturated carbocycles. The molecule has 4 amide bonds. The largest absolute Gasteiger partial charge is 0.508 e. The van der Waals surface area contributed by atoms with Gasteiger partial charge in [-0.1, -0.05) is 42.5 Å². The fraction of sp³-hybridized carbons (Fsp3) is 0.333. The van der Waals surface area contributed by atoms with Gasteiger partial charge in [-0.25, -0.2) is 0 Å². The van der Waals surface area contributed by atoms with E-state index in [4.69, 9.17) is 27.9 Å². The molecule has 6 rings (SSSR count). The van der Waals surface area contributed by atoms with Crippen LogP contribution in [-0.2, 0) is 19.2 Å². The zero-order valence-electron chi connectivity index (χ0n) is 21.8. The highest BCUT2D eigenvalue weighted by Gasteiger charge is 2.76. The van der Waals surface area contributed by atoms with E-state index in [1.54, 1.807) is 42.5 Å². The van der Waals surface area contributed by atoms with Gasteiger partial charge in [0.25, 0.3) is 11.8 Å². The number of anilines is 1. The Morgan fingerprint density at radius 3 is 2.38 bits per heavy atom. The van der Waals surface area contributed by atoms with Crippen molar-refractivity contribution in [2.24, 2.45) is 17.8 Å². The van der Waals surface area contributed by atoms with Crippen LogP contribution in [0, 0.1) is 17.8 Å². The van der Waals surface area contributed by atoms with Crippen molar-refractivity contribution in [2.75, 3.05) is 19.1 Å². The van der Waals surface area contributed by atoms with E-state index in [2.05, 4.69) is 6.58 Å². The predicted molar refractivity (Wildman–Crippen MR) is 149 cm³/mol. The van der Waals surface area contributed by atoms with Gasteiger partial charge in [0.15, 0.2) is 9.75 Å². The lowest BCUT2D eigenvalue weighted by atomic mass is 9.56. The number of carbonyl (C=O) groups excluding carboxylic acids is 4. The molecule has 4 aliphatic rings. The standard InChI is InChI=1S/C30H26Cl2N2O6/c1-4-15-8-10-16(11-9-15)34-25(36)18-13-12-17-19(22(18)26(34)37)14-29(31)27(38)33(2)28(39)30(29,32)24(17)23-20(35)6-5-7-21(23)40-3/h4-12,18-19,22,24,35H,1,13-14H2,2-3H3/t18-,19+,22-,24+,29+,30-/m0/s1. The Hall–Kier alpha value is -3.62. The lowest BCUT2D eigenvalue weighted by Crippen LogP contribution is -2.60. The number of phenols is 1. The molecule has 2 aromatic rings. The van der Waals surface area contributed by atoms with E-state index in [1.807, 2.05) is 6.08 Å². The van der Waals surface area contributed by atoms with Gasteiger partial charge in [0.2, 0.25) is 11.8 Å². The number of imide groups is 2. The molecule has 8 nitrogen and oxygen atoms in total. The number of hydrogen-bond donors (Lipinski definition) is 1. The minimum atomic E-state index is -2.01. The lowest BCUT2D eigenvalue weighted by Gasteiger charge is -2.50. The number of nitrogens with zero attached hydrogens (tertiary/aromatic N) is 2. The second kappa shape index (κ2) is 8.94. The van der Waals surface area contributed by atoms with Gasteiger partial charge in [0, 0.05) is 18.5 Å². The summed E-state index contributed by atoms with van der Waals surface area (Å²) in [7, 11) is 2.73. The third kappa shape index (κ3) is 3.20. The molecule has 2 aliphatic carbocycles. The number of ether oxygens (including phenoxy) is 1. The van der Waals surface area contributed by atoms with Crippen molar-refractivity contribution in [3.8, 4) is 11.5 Å². The molecule has 0 spiro atoms. The number of rotatable bonds is 4. The van der Waals surface area contributed by atoms with E-state index in [0.717, 1.165) is 10.5 Å². The molecule has 0 aromatic heterocycles. The number of methoxy groups -OCH3 is 1. The Balaban J connectivity index is 1.53. The minimum absolute atomic E-state index is 0.130. The van der Waals surface area contributed by atoms with Crippen LogP contribution in [0.15, 0.2) is 60.7 Å². The van der Waals surface area contributed by atoms with E-state index >= 15 is 0 Å². The maximum Gasteiger partial charge on any atom is 0.253 e. The summed E-state index contributed by atoms with van der Waals surface area (Å²) in [5.41, 5.74) is 2.05. The predicted octanol–water partition coefficient (Wildman–Crippen LogP) is 4.24. The lowest BCUT2D eigenvalue weighted by molar-refractivity contribution is -0.138. The number of fused-ring (bicyclic) bond motifs is 4. The normalized spacial score (nSPS) is 33.0. The van der Waals surface area contributed by atoms with Crippen molar-refractivity contribution >= 4 is 58.6 Å². The van der Waals surface area contributed by atoms with E-state index in [1.165, 1.54) is 25.1 Å². The van der Waals surface area contributed by atoms with Crippen LogP contribution in [0.2, 0.25) is 0 Å². The number of allylic oxidation sites excluding steroid dienone is 2.